The van der Waals surface area contributed by atoms with Crippen LogP contribution in [-0.4, -0.2) is 30.1 Å². The molecule has 4 unspecified atom stereocenters. The Morgan fingerprint density at radius 2 is 1.80 bits per heavy atom. The highest BCUT2D eigenvalue weighted by molar-refractivity contribution is 4.91. The van der Waals surface area contributed by atoms with E-state index in [2.05, 4.69) is 18.7 Å². The minimum absolute atomic E-state index is 0.764. The van der Waals surface area contributed by atoms with Gasteiger partial charge in [-0.1, -0.05) is 46.0 Å². The molecule has 4 atom stereocenters. The van der Waals surface area contributed by atoms with Gasteiger partial charge in [-0.3, -0.25) is 4.90 Å². The zero-order valence-electron chi connectivity index (χ0n) is 13.8. The summed E-state index contributed by atoms with van der Waals surface area (Å²) >= 11 is 0. The molecule has 0 aromatic carbocycles. The van der Waals surface area contributed by atoms with Crippen LogP contribution < -0.4 is 5.73 Å². The summed E-state index contributed by atoms with van der Waals surface area (Å²) in [7, 11) is 0. The predicted octanol–water partition coefficient (Wildman–Crippen LogP) is 4.18. The number of likely N-dealkylation sites (tertiary alicyclic amines) is 1. The maximum atomic E-state index is 6.11. The van der Waals surface area contributed by atoms with Crippen LogP contribution in [0.15, 0.2) is 0 Å². The van der Waals surface area contributed by atoms with Crippen LogP contribution in [0.25, 0.3) is 0 Å². The van der Waals surface area contributed by atoms with Crippen molar-refractivity contribution in [1.29, 1.82) is 0 Å². The van der Waals surface area contributed by atoms with Gasteiger partial charge in [0, 0.05) is 12.1 Å². The number of hydrogen-bond donors (Lipinski definition) is 1. The molecule has 2 fully saturated rings. The molecule has 1 aliphatic carbocycles. The van der Waals surface area contributed by atoms with Crippen molar-refractivity contribution in [2.75, 3.05) is 13.1 Å². The molecule has 0 bridgehead atoms. The van der Waals surface area contributed by atoms with Crippen LogP contribution in [0.2, 0.25) is 0 Å². The lowest BCUT2D eigenvalue weighted by atomic mass is 9.75. The van der Waals surface area contributed by atoms with Gasteiger partial charge in [-0.05, 0) is 57.0 Å². The Hall–Kier alpha value is -0.0800. The fourth-order valence-electron chi connectivity index (χ4n) is 4.75. The van der Waals surface area contributed by atoms with Gasteiger partial charge in [-0.2, -0.15) is 0 Å². The van der Waals surface area contributed by atoms with Crippen LogP contribution in [0.1, 0.15) is 78.1 Å². The van der Waals surface area contributed by atoms with Crippen LogP contribution in [0, 0.1) is 11.8 Å². The SMILES string of the molecule is CCCC1CCC(CN)C(N2CCCCC2CCC)C1. The fraction of sp³-hybridized carbons (Fsp3) is 1.00. The van der Waals surface area contributed by atoms with E-state index < -0.39 is 0 Å². The molecule has 2 nitrogen and oxygen atoms in total. The molecule has 2 rings (SSSR count). The van der Waals surface area contributed by atoms with Crippen molar-refractivity contribution in [2.45, 2.75) is 90.1 Å². The van der Waals surface area contributed by atoms with Crippen molar-refractivity contribution < 1.29 is 0 Å². The van der Waals surface area contributed by atoms with Crippen molar-refractivity contribution in [1.82, 2.24) is 4.90 Å². The van der Waals surface area contributed by atoms with E-state index in [1.165, 1.54) is 70.8 Å². The fourth-order valence-corrected chi connectivity index (χ4v) is 4.75. The molecular formula is C18H36N2. The third-order valence-electron chi connectivity index (χ3n) is 5.78. The van der Waals surface area contributed by atoms with E-state index in [0.717, 1.165) is 30.5 Å². The third kappa shape index (κ3) is 3.98. The Kier molecular flexibility index (Phi) is 6.83. The number of nitrogens with two attached hydrogens (primary N) is 1. The summed E-state index contributed by atoms with van der Waals surface area (Å²) in [4.78, 5) is 2.90. The zero-order valence-corrected chi connectivity index (χ0v) is 13.8. The van der Waals surface area contributed by atoms with Crippen molar-refractivity contribution in [2.24, 2.45) is 17.6 Å². The summed E-state index contributed by atoms with van der Waals surface area (Å²) in [5.41, 5.74) is 6.11. The van der Waals surface area contributed by atoms with Crippen molar-refractivity contribution in [3.8, 4) is 0 Å². The second-order valence-electron chi connectivity index (χ2n) is 7.21. The molecule has 0 spiro atoms. The predicted molar refractivity (Wildman–Crippen MR) is 87.8 cm³/mol. The Morgan fingerprint density at radius 3 is 2.50 bits per heavy atom. The highest BCUT2D eigenvalue weighted by atomic mass is 15.2. The van der Waals surface area contributed by atoms with Gasteiger partial charge in [0.25, 0.3) is 0 Å². The molecule has 2 heteroatoms. The van der Waals surface area contributed by atoms with Crippen LogP contribution in [0.4, 0.5) is 0 Å². The number of nitrogens with zero attached hydrogens (tertiary/aromatic N) is 1. The van der Waals surface area contributed by atoms with Crippen LogP contribution in [0.3, 0.4) is 0 Å². The van der Waals surface area contributed by atoms with E-state index in [0.29, 0.717) is 0 Å². The Balaban J connectivity index is 2.03. The van der Waals surface area contributed by atoms with E-state index in [9.17, 15) is 0 Å². The minimum Gasteiger partial charge on any atom is -0.330 e. The number of hydrogen-bond acceptors (Lipinski definition) is 2. The molecular weight excluding hydrogens is 244 g/mol. The first kappa shape index (κ1) is 16.3. The van der Waals surface area contributed by atoms with Gasteiger partial charge in [-0.25, -0.2) is 0 Å². The number of piperidine rings is 1. The molecule has 1 aliphatic heterocycles. The zero-order chi connectivity index (χ0) is 14.4. The molecule has 1 heterocycles. The first-order valence-electron chi connectivity index (χ1n) is 9.25. The Bertz CT molecular complexity index is 264. The normalized spacial score (nSPS) is 36.1. The summed E-state index contributed by atoms with van der Waals surface area (Å²) in [6, 6.07) is 1.65. The Labute approximate surface area is 126 Å². The highest BCUT2D eigenvalue weighted by Crippen LogP contribution is 2.37. The largest absolute Gasteiger partial charge is 0.330 e. The van der Waals surface area contributed by atoms with Gasteiger partial charge in [0.2, 0.25) is 0 Å². The van der Waals surface area contributed by atoms with Gasteiger partial charge in [0.1, 0.15) is 0 Å². The lowest BCUT2D eigenvalue weighted by Crippen LogP contribution is -2.53. The second kappa shape index (κ2) is 8.38. The van der Waals surface area contributed by atoms with E-state index in [1.54, 1.807) is 0 Å². The first-order valence-corrected chi connectivity index (χ1v) is 9.25. The molecule has 20 heavy (non-hydrogen) atoms. The maximum absolute atomic E-state index is 6.11. The summed E-state index contributed by atoms with van der Waals surface area (Å²) in [5.74, 6) is 1.73. The molecule has 0 radical (unpaired) electrons. The van der Waals surface area contributed by atoms with E-state index >= 15 is 0 Å². The smallest absolute Gasteiger partial charge is 0.0141 e. The molecule has 0 aromatic heterocycles. The summed E-state index contributed by atoms with van der Waals surface area (Å²) in [5, 5.41) is 0. The van der Waals surface area contributed by atoms with E-state index in [-0.39, 0.29) is 0 Å². The van der Waals surface area contributed by atoms with Gasteiger partial charge < -0.3 is 5.73 Å². The third-order valence-corrected chi connectivity index (χ3v) is 5.78. The summed E-state index contributed by atoms with van der Waals surface area (Å²) < 4.78 is 0. The van der Waals surface area contributed by atoms with Crippen molar-refractivity contribution in [3.05, 3.63) is 0 Å². The lowest BCUT2D eigenvalue weighted by molar-refractivity contribution is 0.0206. The van der Waals surface area contributed by atoms with E-state index in [4.69, 9.17) is 5.73 Å². The van der Waals surface area contributed by atoms with Crippen LogP contribution in [-0.2, 0) is 0 Å². The van der Waals surface area contributed by atoms with Crippen molar-refractivity contribution in [3.63, 3.8) is 0 Å². The molecule has 0 aromatic rings. The van der Waals surface area contributed by atoms with Crippen LogP contribution >= 0.6 is 0 Å². The Morgan fingerprint density at radius 1 is 1.00 bits per heavy atom. The standard InChI is InChI=1S/C18H36N2/c1-3-7-15-10-11-16(14-19)18(13-15)20-12-6-5-9-17(20)8-4-2/h15-18H,3-14,19H2,1-2H3. The summed E-state index contributed by atoms with van der Waals surface area (Å²) in [6.07, 6.45) is 14.0. The molecule has 1 saturated heterocycles. The minimum atomic E-state index is 0.764. The quantitative estimate of drug-likeness (QED) is 0.790. The van der Waals surface area contributed by atoms with Gasteiger partial charge in [0.15, 0.2) is 0 Å². The summed E-state index contributed by atoms with van der Waals surface area (Å²) in [6.45, 7) is 6.92. The second-order valence-corrected chi connectivity index (χ2v) is 7.21. The maximum Gasteiger partial charge on any atom is 0.0141 e. The highest BCUT2D eigenvalue weighted by Gasteiger charge is 2.36. The lowest BCUT2D eigenvalue weighted by Gasteiger charge is -2.48. The van der Waals surface area contributed by atoms with Crippen molar-refractivity contribution >= 4 is 0 Å². The van der Waals surface area contributed by atoms with E-state index in [1.807, 2.05) is 0 Å². The van der Waals surface area contributed by atoms with Crippen LogP contribution in [0.5, 0.6) is 0 Å². The topological polar surface area (TPSA) is 29.3 Å². The number of rotatable bonds is 6. The molecule has 0 amide bonds. The molecule has 2 N–H and O–H groups in total. The average molecular weight is 280 g/mol. The molecule has 2 aliphatic rings. The molecule has 1 saturated carbocycles. The average Bonchev–Trinajstić information content (AvgIpc) is 2.48. The molecule has 118 valence electrons. The first-order chi connectivity index (χ1) is 9.80. The van der Waals surface area contributed by atoms with Gasteiger partial charge in [-0.15, -0.1) is 0 Å². The monoisotopic (exact) mass is 280 g/mol. The van der Waals surface area contributed by atoms with Gasteiger partial charge >= 0.3 is 0 Å². The van der Waals surface area contributed by atoms with Gasteiger partial charge in [0.05, 0.1) is 0 Å².